The maximum atomic E-state index is 6.41. The van der Waals surface area contributed by atoms with Gasteiger partial charge in [-0.25, -0.2) is 9.97 Å². The van der Waals surface area contributed by atoms with Crippen molar-refractivity contribution in [3.05, 3.63) is 24.5 Å². The zero-order valence-corrected chi connectivity index (χ0v) is 18.1. The Morgan fingerprint density at radius 2 is 1.69 bits per heavy atom. The van der Waals surface area contributed by atoms with Crippen molar-refractivity contribution in [2.24, 2.45) is 0 Å². The summed E-state index contributed by atoms with van der Waals surface area (Å²) < 4.78 is 10.7. The molecule has 1 fully saturated rings. The summed E-state index contributed by atoms with van der Waals surface area (Å²) in [7, 11) is 3.23. The second-order valence-corrected chi connectivity index (χ2v) is 8.82. The highest BCUT2D eigenvalue weighted by atomic mass is 16.5. The standard InChI is InChI=1S/C21H32N6O2/c1-20(2)10-13(11-21(3,4)27-20)25-18-17(22)19(24-12-23-18)26-15-9-14(28-5)7-8-16(15)29-6/h7-9,12-13,27H,10-11,22H2,1-6H3,(H2,23,24,25,26). The monoisotopic (exact) mass is 400 g/mol. The van der Waals surface area contributed by atoms with Gasteiger partial charge in [0, 0.05) is 23.2 Å². The van der Waals surface area contributed by atoms with Gasteiger partial charge in [0.25, 0.3) is 0 Å². The Labute approximate surface area is 172 Å². The van der Waals surface area contributed by atoms with E-state index in [1.54, 1.807) is 14.2 Å². The average molecular weight is 401 g/mol. The fourth-order valence-electron chi connectivity index (χ4n) is 4.27. The average Bonchev–Trinajstić information content (AvgIpc) is 2.62. The van der Waals surface area contributed by atoms with Gasteiger partial charge in [-0.3, -0.25) is 0 Å². The number of nitrogens with two attached hydrogens (primary N) is 1. The van der Waals surface area contributed by atoms with Gasteiger partial charge in [0.05, 0.1) is 19.9 Å². The molecule has 1 aromatic carbocycles. The van der Waals surface area contributed by atoms with Crippen LogP contribution in [0.1, 0.15) is 40.5 Å². The lowest BCUT2D eigenvalue weighted by Gasteiger charge is -2.46. The first-order valence-electron chi connectivity index (χ1n) is 9.78. The molecule has 2 aromatic rings. The second-order valence-electron chi connectivity index (χ2n) is 8.82. The summed E-state index contributed by atoms with van der Waals surface area (Å²) >= 11 is 0. The molecular formula is C21H32N6O2. The Morgan fingerprint density at radius 3 is 2.31 bits per heavy atom. The van der Waals surface area contributed by atoms with Gasteiger partial charge in [0.1, 0.15) is 23.5 Å². The van der Waals surface area contributed by atoms with Gasteiger partial charge in [-0.1, -0.05) is 0 Å². The van der Waals surface area contributed by atoms with Crippen LogP contribution in [-0.4, -0.2) is 41.3 Å². The molecule has 1 aliphatic heterocycles. The van der Waals surface area contributed by atoms with Gasteiger partial charge in [-0.2, -0.15) is 0 Å². The molecule has 0 spiro atoms. The molecule has 1 aromatic heterocycles. The summed E-state index contributed by atoms with van der Waals surface area (Å²) in [6.45, 7) is 8.86. The number of methoxy groups -OCH3 is 2. The van der Waals surface area contributed by atoms with E-state index in [9.17, 15) is 0 Å². The lowest BCUT2D eigenvalue weighted by Crippen LogP contribution is -2.60. The number of hydrogen-bond donors (Lipinski definition) is 4. The van der Waals surface area contributed by atoms with E-state index < -0.39 is 0 Å². The van der Waals surface area contributed by atoms with Gasteiger partial charge < -0.3 is 31.2 Å². The zero-order valence-electron chi connectivity index (χ0n) is 18.1. The number of ether oxygens (including phenoxy) is 2. The van der Waals surface area contributed by atoms with E-state index in [1.807, 2.05) is 18.2 Å². The molecule has 0 aliphatic carbocycles. The highest BCUT2D eigenvalue weighted by molar-refractivity contribution is 5.79. The first kappa shape index (κ1) is 21.0. The van der Waals surface area contributed by atoms with Crippen LogP contribution in [0.25, 0.3) is 0 Å². The van der Waals surface area contributed by atoms with Gasteiger partial charge in [-0.15, -0.1) is 0 Å². The molecule has 3 rings (SSSR count). The predicted molar refractivity (Wildman–Crippen MR) is 117 cm³/mol. The number of benzene rings is 1. The molecule has 0 radical (unpaired) electrons. The van der Waals surface area contributed by atoms with Crippen molar-refractivity contribution < 1.29 is 9.47 Å². The van der Waals surface area contributed by atoms with E-state index in [0.29, 0.717) is 34.5 Å². The molecular weight excluding hydrogens is 368 g/mol. The summed E-state index contributed by atoms with van der Waals surface area (Å²) in [6, 6.07) is 5.75. The molecule has 0 amide bonds. The highest BCUT2D eigenvalue weighted by Gasteiger charge is 2.38. The minimum atomic E-state index is 0.0241. The Hall–Kier alpha value is -2.74. The molecule has 8 nitrogen and oxygen atoms in total. The highest BCUT2D eigenvalue weighted by Crippen LogP contribution is 2.35. The number of nitrogens with one attached hydrogen (secondary N) is 3. The number of nitrogen functional groups attached to an aromatic ring is 1. The Kier molecular flexibility index (Phi) is 5.75. The molecule has 5 N–H and O–H groups in total. The van der Waals surface area contributed by atoms with Crippen LogP contribution in [0.5, 0.6) is 11.5 Å². The summed E-state index contributed by atoms with van der Waals surface area (Å²) in [5.41, 5.74) is 7.64. The van der Waals surface area contributed by atoms with Gasteiger partial charge in [0.2, 0.25) is 0 Å². The Balaban J connectivity index is 1.84. The number of hydrogen-bond acceptors (Lipinski definition) is 8. The summed E-state index contributed by atoms with van der Waals surface area (Å²) in [5, 5.41) is 10.5. The molecule has 8 heteroatoms. The van der Waals surface area contributed by atoms with Crippen molar-refractivity contribution >= 4 is 23.0 Å². The number of rotatable bonds is 6. The van der Waals surface area contributed by atoms with Crippen LogP contribution in [0.4, 0.5) is 23.0 Å². The third kappa shape index (κ3) is 5.00. The van der Waals surface area contributed by atoms with Crippen LogP contribution in [0.2, 0.25) is 0 Å². The van der Waals surface area contributed by atoms with E-state index in [0.717, 1.165) is 12.8 Å². The molecule has 0 atom stereocenters. The minimum absolute atomic E-state index is 0.0241. The largest absolute Gasteiger partial charge is 0.497 e. The summed E-state index contributed by atoms with van der Waals surface area (Å²) in [5.74, 6) is 2.52. The molecule has 1 saturated heterocycles. The van der Waals surface area contributed by atoms with E-state index >= 15 is 0 Å². The normalized spacial score (nSPS) is 18.1. The first-order chi connectivity index (χ1) is 13.6. The van der Waals surface area contributed by atoms with Crippen LogP contribution < -0.4 is 31.2 Å². The first-order valence-corrected chi connectivity index (χ1v) is 9.78. The molecule has 1 aliphatic rings. The molecule has 0 saturated carbocycles. The van der Waals surface area contributed by atoms with E-state index in [4.69, 9.17) is 15.2 Å². The Bertz CT molecular complexity index is 852. The van der Waals surface area contributed by atoms with Crippen LogP contribution in [0.15, 0.2) is 24.5 Å². The molecule has 0 unspecified atom stereocenters. The van der Waals surface area contributed by atoms with Crippen LogP contribution in [0.3, 0.4) is 0 Å². The SMILES string of the molecule is COc1ccc(OC)c(Nc2ncnc(NC3CC(C)(C)NC(C)(C)C3)c2N)c1. The number of nitrogens with zero attached hydrogens (tertiary/aromatic N) is 2. The van der Waals surface area contributed by atoms with Crippen molar-refractivity contribution in [2.45, 2.75) is 57.7 Å². The van der Waals surface area contributed by atoms with Gasteiger partial charge >= 0.3 is 0 Å². The fraction of sp³-hybridized carbons (Fsp3) is 0.524. The van der Waals surface area contributed by atoms with Crippen LogP contribution in [-0.2, 0) is 0 Å². The summed E-state index contributed by atoms with van der Waals surface area (Å²) in [6.07, 6.45) is 3.43. The lowest BCUT2D eigenvalue weighted by molar-refractivity contribution is 0.170. The fourth-order valence-corrected chi connectivity index (χ4v) is 4.27. The van der Waals surface area contributed by atoms with Crippen LogP contribution in [0, 0.1) is 0 Å². The molecule has 0 bridgehead atoms. The van der Waals surface area contributed by atoms with E-state index in [2.05, 4.69) is 53.6 Å². The van der Waals surface area contributed by atoms with Crippen molar-refractivity contribution in [1.82, 2.24) is 15.3 Å². The lowest BCUT2D eigenvalue weighted by atomic mass is 9.79. The van der Waals surface area contributed by atoms with Crippen molar-refractivity contribution in [1.29, 1.82) is 0 Å². The third-order valence-electron chi connectivity index (χ3n) is 5.07. The van der Waals surface area contributed by atoms with Crippen molar-refractivity contribution in [2.75, 3.05) is 30.6 Å². The van der Waals surface area contributed by atoms with Crippen LogP contribution >= 0.6 is 0 Å². The maximum Gasteiger partial charge on any atom is 0.159 e. The zero-order chi connectivity index (χ0) is 21.2. The van der Waals surface area contributed by atoms with E-state index in [-0.39, 0.29) is 17.1 Å². The maximum absolute atomic E-state index is 6.41. The number of anilines is 4. The van der Waals surface area contributed by atoms with Crippen molar-refractivity contribution in [3.8, 4) is 11.5 Å². The quantitative estimate of drug-likeness (QED) is 0.583. The number of aromatic nitrogens is 2. The smallest absolute Gasteiger partial charge is 0.159 e. The molecule has 158 valence electrons. The number of piperidine rings is 1. The topological polar surface area (TPSA) is 106 Å². The van der Waals surface area contributed by atoms with Gasteiger partial charge in [-0.05, 0) is 52.7 Å². The van der Waals surface area contributed by atoms with Gasteiger partial charge in [0.15, 0.2) is 11.6 Å². The third-order valence-corrected chi connectivity index (χ3v) is 5.07. The molecule has 29 heavy (non-hydrogen) atoms. The minimum Gasteiger partial charge on any atom is -0.497 e. The predicted octanol–water partition coefficient (Wildman–Crippen LogP) is 3.54. The summed E-state index contributed by atoms with van der Waals surface area (Å²) in [4.78, 5) is 8.70. The molecule has 2 heterocycles. The Morgan fingerprint density at radius 1 is 1.03 bits per heavy atom. The van der Waals surface area contributed by atoms with Crippen molar-refractivity contribution in [3.63, 3.8) is 0 Å². The second kappa shape index (κ2) is 7.94. The van der Waals surface area contributed by atoms with E-state index in [1.165, 1.54) is 6.33 Å².